The fourth-order valence-corrected chi connectivity index (χ4v) is 6.39. The Balaban J connectivity index is 1.29. The third-order valence-corrected chi connectivity index (χ3v) is 8.44. The highest BCUT2D eigenvalue weighted by molar-refractivity contribution is 5.98. The summed E-state index contributed by atoms with van der Waals surface area (Å²) in [5.41, 5.74) is 3.75. The number of benzene rings is 1. The highest BCUT2D eigenvalue weighted by atomic mass is 16.2. The maximum Gasteiger partial charge on any atom is 0.270 e. The number of anilines is 3. The lowest BCUT2D eigenvalue weighted by Crippen LogP contribution is -2.67. The second-order valence-electron chi connectivity index (χ2n) is 11.1. The van der Waals surface area contributed by atoms with Crippen LogP contribution >= 0.6 is 0 Å². The maximum absolute atomic E-state index is 13.1. The molecule has 3 atom stereocenters. The summed E-state index contributed by atoms with van der Waals surface area (Å²) in [5, 5.41) is 7.88. The van der Waals surface area contributed by atoms with Gasteiger partial charge < -0.3 is 25.0 Å². The summed E-state index contributed by atoms with van der Waals surface area (Å²) >= 11 is 0. The minimum absolute atomic E-state index is 0.0122. The van der Waals surface area contributed by atoms with Crippen molar-refractivity contribution in [1.29, 1.82) is 0 Å². The van der Waals surface area contributed by atoms with Gasteiger partial charge in [0.25, 0.3) is 5.91 Å². The van der Waals surface area contributed by atoms with Crippen LogP contribution in [0.2, 0.25) is 0 Å². The number of carbonyl (C=O) groups is 1. The van der Waals surface area contributed by atoms with E-state index >= 15 is 0 Å². The Labute approximate surface area is 206 Å². The summed E-state index contributed by atoms with van der Waals surface area (Å²) in [7, 11) is 3.61. The Morgan fingerprint density at radius 1 is 1.11 bits per heavy atom. The van der Waals surface area contributed by atoms with E-state index in [1.54, 1.807) is 19.0 Å². The van der Waals surface area contributed by atoms with Gasteiger partial charge in [-0.3, -0.25) is 4.79 Å². The second-order valence-corrected chi connectivity index (χ2v) is 11.1. The maximum atomic E-state index is 13.1. The third kappa shape index (κ3) is 3.49. The summed E-state index contributed by atoms with van der Waals surface area (Å²) < 4.78 is 2.22. The van der Waals surface area contributed by atoms with Gasteiger partial charge in [-0.05, 0) is 68.9 Å². The van der Waals surface area contributed by atoms with Gasteiger partial charge in [0.05, 0.1) is 5.54 Å². The van der Waals surface area contributed by atoms with Crippen molar-refractivity contribution in [1.82, 2.24) is 24.8 Å². The lowest BCUT2D eigenvalue weighted by atomic mass is 9.42. The van der Waals surface area contributed by atoms with Gasteiger partial charge in [-0.15, -0.1) is 0 Å². The van der Waals surface area contributed by atoms with Gasteiger partial charge in [-0.2, -0.15) is 4.98 Å². The molecule has 3 aromatic rings. The van der Waals surface area contributed by atoms with Crippen molar-refractivity contribution in [3.63, 3.8) is 0 Å². The van der Waals surface area contributed by atoms with Crippen LogP contribution in [0.15, 0.2) is 36.5 Å². The molecule has 1 amide bonds. The van der Waals surface area contributed by atoms with Gasteiger partial charge >= 0.3 is 0 Å². The summed E-state index contributed by atoms with van der Waals surface area (Å²) in [6, 6.07) is 11.4. The molecule has 2 bridgehead atoms. The van der Waals surface area contributed by atoms with Gasteiger partial charge in [-0.25, -0.2) is 4.98 Å². The summed E-state index contributed by atoms with van der Waals surface area (Å²) in [6.45, 7) is 8.77. The van der Waals surface area contributed by atoms with Gasteiger partial charge in [0.1, 0.15) is 11.3 Å². The molecule has 4 aliphatic rings. The molecular formula is C27H35N7O. The summed E-state index contributed by atoms with van der Waals surface area (Å²) in [6.07, 6.45) is 4.09. The molecule has 2 N–H and O–H groups in total. The molecule has 2 unspecified atom stereocenters. The first-order valence-corrected chi connectivity index (χ1v) is 12.7. The van der Waals surface area contributed by atoms with Crippen molar-refractivity contribution in [2.24, 2.45) is 11.8 Å². The Hall–Kier alpha value is -3.13. The van der Waals surface area contributed by atoms with E-state index < -0.39 is 0 Å². The molecule has 4 fully saturated rings. The van der Waals surface area contributed by atoms with E-state index in [0.29, 0.717) is 29.6 Å². The van der Waals surface area contributed by atoms with Crippen LogP contribution in [0.5, 0.6) is 0 Å². The topological polar surface area (TPSA) is 78.3 Å². The summed E-state index contributed by atoms with van der Waals surface area (Å²) in [4.78, 5) is 26.6. The molecule has 3 aliphatic carbocycles. The lowest BCUT2D eigenvalue weighted by Gasteiger charge is -2.68. The smallest absolute Gasteiger partial charge is 0.270 e. The van der Waals surface area contributed by atoms with Crippen LogP contribution < -0.4 is 15.5 Å². The third-order valence-electron chi connectivity index (χ3n) is 8.44. The van der Waals surface area contributed by atoms with Crippen molar-refractivity contribution in [3.8, 4) is 0 Å². The zero-order valence-electron chi connectivity index (χ0n) is 21.2. The molecule has 3 saturated carbocycles. The normalized spacial score (nSPS) is 29.5. The molecule has 2 aromatic heterocycles. The number of carbonyl (C=O) groups excluding carboxylic acids is 1. The minimum atomic E-state index is 0.0122. The van der Waals surface area contributed by atoms with Crippen LogP contribution in [-0.2, 0) is 5.54 Å². The first-order valence-electron chi connectivity index (χ1n) is 12.7. The largest absolute Gasteiger partial charge is 0.368 e. The van der Waals surface area contributed by atoms with Crippen LogP contribution in [0.3, 0.4) is 0 Å². The van der Waals surface area contributed by atoms with Gasteiger partial charge in [0, 0.05) is 62.2 Å². The van der Waals surface area contributed by atoms with Crippen LogP contribution in [0.1, 0.15) is 44.1 Å². The van der Waals surface area contributed by atoms with E-state index in [0.717, 1.165) is 48.6 Å². The highest BCUT2D eigenvalue weighted by Gasteiger charge is 2.65. The Kier molecular flexibility index (Phi) is 5.07. The molecule has 0 radical (unpaired) electrons. The van der Waals surface area contributed by atoms with Crippen molar-refractivity contribution in [2.75, 3.05) is 37.4 Å². The molecule has 3 heterocycles. The minimum Gasteiger partial charge on any atom is -0.368 e. The first kappa shape index (κ1) is 22.3. The van der Waals surface area contributed by atoms with E-state index in [4.69, 9.17) is 4.98 Å². The number of rotatable bonds is 5. The zero-order chi connectivity index (χ0) is 24.5. The fraction of sp³-hybridized carbons (Fsp3) is 0.519. The SMILES string of the molecule is CC1CN(c2ccc(Nc3ncc4cc(C(=O)N(C)C)n(C56CC(C5)[C@H]6C)c4n3)cc2)CC(C)N1. The number of nitrogens with zero attached hydrogens (tertiary/aromatic N) is 5. The van der Waals surface area contributed by atoms with Crippen molar-refractivity contribution >= 4 is 34.3 Å². The van der Waals surface area contributed by atoms with E-state index in [1.807, 2.05) is 12.3 Å². The van der Waals surface area contributed by atoms with Gasteiger partial charge in [0.2, 0.25) is 5.95 Å². The average Bonchev–Trinajstić information content (AvgIpc) is 3.16. The first-order chi connectivity index (χ1) is 16.7. The predicted molar refractivity (Wildman–Crippen MR) is 139 cm³/mol. The van der Waals surface area contributed by atoms with Crippen molar-refractivity contribution < 1.29 is 4.79 Å². The van der Waals surface area contributed by atoms with Gasteiger partial charge in [-0.1, -0.05) is 6.92 Å². The number of fused-ring (bicyclic) bond motifs is 1. The Bertz CT molecular complexity index is 1260. The van der Waals surface area contributed by atoms with E-state index in [-0.39, 0.29) is 11.4 Å². The molecule has 184 valence electrons. The Morgan fingerprint density at radius 2 is 1.80 bits per heavy atom. The number of hydrogen-bond donors (Lipinski definition) is 2. The van der Waals surface area contributed by atoms with Crippen LogP contribution in [0, 0.1) is 11.8 Å². The number of nitrogens with one attached hydrogen (secondary N) is 2. The lowest BCUT2D eigenvalue weighted by molar-refractivity contribution is -0.160. The molecule has 0 spiro atoms. The monoisotopic (exact) mass is 473 g/mol. The van der Waals surface area contributed by atoms with Crippen LogP contribution in [-0.4, -0.2) is 64.6 Å². The average molecular weight is 474 g/mol. The van der Waals surface area contributed by atoms with Crippen molar-refractivity contribution in [3.05, 3.63) is 42.2 Å². The quantitative estimate of drug-likeness (QED) is 0.587. The molecule has 8 heteroatoms. The molecule has 1 aromatic carbocycles. The van der Waals surface area contributed by atoms with E-state index in [9.17, 15) is 4.79 Å². The van der Waals surface area contributed by atoms with Crippen LogP contribution in [0.25, 0.3) is 11.0 Å². The molecule has 35 heavy (non-hydrogen) atoms. The molecular weight excluding hydrogens is 438 g/mol. The van der Waals surface area contributed by atoms with Crippen molar-refractivity contribution in [2.45, 2.75) is 51.2 Å². The van der Waals surface area contributed by atoms with Crippen LogP contribution in [0.4, 0.5) is 17.3 Å². The number of hydrogen-bond acceptors (Lipinski definition) is 6. The second kappa shape index (κ2) is 7.95. The summed E-state index contributed by atoms with van der Waals surface area (Å²) in [5.74, 6) is 1.91. The highest BCUT2D eigenvalue weighted by Crippen LogP contribution is 2.67. The molecule has 7 rings (SSSR count). The molecule has 1 saturated heterocycles. The molecule has 1 aliphatic heterocycles. The number of aromatic nitrogens is 3. The zero-order valence-corrected chi connectivity index (χ0v) is 21.2. The number of piperazine rings is 1. The Morgan fingerprint density at radius 3 is 2.37 bits per heavy atom. The fourth-order valence-electron chi connectivity index (χ4n) is 6.39. The number of amides is 1. The predicted octanol–water partition coefficient (Wildman–Crippen LogP) is 3.82. The van der Waals surface area contributed by atoms with E-state index in [2.05, 4.69) is 70.1 Å². The standard InChI is InChI=1S/C27H35N7O/c1-16-14-33(15-17(2)29-16)22-8-6-21(7-9-22)30-26-28-13-19-10-23(25(35)32(4)5)34(24(19)31-26)27-11-20(12-27)18(27)3/h6-10,13,16-18,20,29H,11-12,14-15H2,1-5H3,(H,28,30,31)/t16?,17?,18-,20?,27?/m1/s1. The molecule has 8 nitrogen and oxygen atoms in total. The van der Waals surface area contributed by atoms with E-state index in [1.165, 1.54) is 5.69 Å². The van der Waals surface area contributed by atoms with Gasteiger partial charge in [0.15, 0.2) is 0 Å².